The second-order valence-electron chi connectivity index (χ2n) is 9.97. The second-order valence-corrected chi connectivity index (χ2v) is 9.97. The Morgan fingerprint density at radius 1 is 0.500 bits per heavy atom. The molecule has 6 nitrogen and oxygen atoms in total. The van der Waals surface area contributed by atoms with Crippen LogP contribution in [0.15, 0.2) is 134 Å². The Labute approximate surface area is 243 Å². The van der Waals surface area contributed by atoms with Crippen molar-refractivity contribution in [2.45, 2.75) is 0 Å². The monoisotopic (exact) mass is 542 g/mol. The molecule has 2 aliphatic rings. The predicted octanol–water partition coefficient (Wildman–Crippen LogP) is 10.5. The van der Waals surface area contributed by atoms with Crippen LogP contribution in [0.4, 0.5) is 39.9 Å². The van der Waals surface area contributed by atoms with E-state index in [1.165, 1.54) is 0 Å². The Morgan fingerprint density at radius 3 is 1.45 bits per heavy atom. The van der Waals surface area contributed by atoms with E-state index in [0.29, 0.717) is 5.69 Å². The number of ether oxygens (including phenoxy) is 2. The molecule has 0 N–H and O–H groups in total. The first kappa shape index (κ1) is 23.8. The lowest BCUT2D eigenvalue weighted by molar-refractivity contribution is 0.476. The molecule has 198 valence electrons. The first-order valence-electron chi connectivity index (χ1n) is 13.6. The summed E-state index contributed by atoms with van der Waals surface area (Å²) in [6.45, 7) is 8.07. The van der Waals surface area contributed by atoms with Gasteiger partial charge in [0.1, 0.15) is 5.82 Å². The van der Waals surface area contributed by atoms with E-state index in [4.69, 9.17) is 21.0 Å². The molecule has 0 aliphatic carbocycles. The van der Waals surface area contributed by atoms with Gasteiger partial charge in [0.05, 0.1) is 35.0 Å². The molecule has 1 aromatic heterocycles. The molecule has 0 radical (unpaired) electrons. The van der Waals surface area contributed by atoms with Gasteiger partial charge in [0.2, 0.25) is 5.69 Å². The molecule has 0 amide bonds. The summed E-state index contributed by atoms with van der Waals surface area (Å²) in [6.07, 6.45) is 1.86. The topological polar surface area (TPSA) is 42.2 Å². The van der Waals surface area contributed by atoms with Crippen LogP contribution in [0.25, 0.3) is 16.0 Å². The molecule has 0 bridgehead atoms. The van der Waals surface area contributed by atoms with Crippen molar-refractivity contribution in [2.24, 2.45) is 0 Å². The number of anilines is 6. The van der Waals surface area contributed by atoms with E-state index < -0.39 is 0 Å². The summed E-state index contributed by atoms with van der Waals surface area (Å²) in [5.74, 6) is 3.85. The smallest absolute Gasteiger partial charge is 0.211 e. The number of rotatable bonds is 3. The largest absolute Gasteiger partial charge is 0.453 e. The zero-order valence-electron chi connectivity index (χ0n) is 22.3. The minimum Gasteiger partial charge on any atom is -0.453 e. The van der Waals surface area contributed by atoms with Crippen LogP contribution in [0, 0.1) is 6.57 Å². The van der Waals surface area contributed by atoms with Crippen LogP contribution in [0.2, 0.25) is 0 Å². The molecule has 5 aromatic carbocycles. The van der Waals surface area contributed by atoms with E-state index in [2.05, 4.69) is 14.6 Å². The normalized spacial score (nSPS) is 12.5. The van der Waals surface area contributed by atoms with Gasteiger partial charge >= 0.3 is 0 Å². The molecule has 0 saturated carbocycles. The first-order chi connectivity index (χ1) is 20.8. The van der Waals surface area contributed by atoms with Crippen LogP contribution < -0.4 is 19.3 Å². The molecule has 8 rings (SSSR count). The third-order valence-corrected chi connectivity index (χ3v) is 7.51. The molecular weight excluding hydrogens is 520 g/mol. The van der Waals surface area contributed by atoms with E-state index in [-0.39, 0.29) is 0 Å². The molecule has 0 fully saturated rings. The maximum absolute atomic E-state index is 8.07. The summed E-state index contributed by atoms with van der Waals surface area (Å²) in [7, 11) is 0. The van der Waals surface area contributed by atoms with Crippen molar-refractivity contribution in [2.75, 3.05) is 9.80 Å². The quantitative estimate of drug-likeness (QED) is 0.208. The number of para-hydroxylation sites is 8. The number of nitrogens with zero attached hydrogens (tertiary/aromatic N) is 4. The first-order valence-corrected chi connectivity index (χ1v) is 13.6. The molecule has 0 atom stereocenters. The van der Waals surface area contributed by atoms with Gasteiger partial charge in [-0.1, -0.05) is 54.6 Å². The van der Waals surface area contributed by atoms with Crippen LogP contribution in [-0.4, -0.2) is 4.98 Å². The van der Waals surface area contributed by atoms with Gasteiger partial charge in [-0.25, -0.2) is 9.83 Å². The molecular formula is C36H22N4O2. The van der Waals surface area contributed by atoms with Gasteiger partial charge in [0.25, 0.3) is 0 Å². The molecule has 6 heteroatoms. The summed E-state index contributed by atoms with van der Waals surface area (Å²) in [5, 5.41) is 0. The van der Waals surface area contributed by atoms with Crippen molar-refractivity contribution in [3.63, 3.8) is 0 Å². The van der Waals surface area contributed by atoms with Crippen molar-refractivity contribution in [1.82, 2.24) is 4.98 Å². The van der Waals surface area contributed by atoms with Crippen molar-refractivity contribution in [1.29, 1.82) is 0 Å². The third kappa shape index (κ3) is 3.76. The van der Waals surface area contributed by atoms with Crippen molar-refractivity contribution in [3.05, 3.63) is 145 Å². The van der Waals surface area contributed by atoms with E-state index in [0.717, 1.165) is 68.4 Å². The fraction of sp³-hybridized carbons (Fsp3) is 0. The van der Waals surface area contributed by atoms with E-state index in [1.807, 2.05) is 134 Å². The average molecular weight is 543 g/mol. The van der Waals surface area contributed by atoms with Gasteiger partial charge in [-0.3, -0.25) is 4.90 Å². The molecule has 0 spiro atoms. The van der Waals surface area contributed by atoms with Crippen LogP contribution in [0.5, 0.6) is 23.0 Å². The summed E-state index contributed by atoms with van der Waals surface area (Å²) >= 11 is 0. The minimum atomic E-state index is 0.541. The van der Waals surface area contributed by atoms with Crippen LogP contribution in [0.3, 0.4) is 0 Å². The van der Waals surface area contributed by atoms with Crippen molar-refractivity contribution < 1.29 is 9.47 Å². The maximum Gasteiger partial charge on any atom is 0.211 e. The van der Waals surface area contributed by atoms with Crippen molar-refractivity contribution >= 4 is 39.9 Å². The average Bonchev–Trinajstić information content (AvgIpc) is 3.06. The number of fused-ring (bicyclic) bond motifs is 4. The number of hydrogen-bond donors (Lipinski definition) is 0. The Balaban J connectivity index is 1.18. The van der Waals surface area contributed by atoms with Crippen LogP contribution in [-0.2, 0) is 0 Å². The van der Waals surface area contributed by atoms with Gasteiger partial charge in [-0.15, -0.1) is 0 Å². The summed E-state index contributed by atoms with van der Waals surface area (Å²) in [5.41, 5.74) is 6.83. The van der Waals surface area contributed by atoms with Gasteiger partial charge in [0, 0.05) is 6.20 Å². The number of benzene rings is 5. The highest BCUT2D eigenvalue weighted by Gasteiger charge is 2.28. The van der Waals surface area contributed by atoms with Gasteiger partial charge in [-0.05, 0) is 83.9 Å². The molecule has 0 unspecified atom stereocenters. The highest BCUT2D eigenvalue weighted by atomic mass is 16.5. The predicted molar refractivity (Wildman–Crippen MR) is 165 cm³/mol. The zero-order chi connectivity index (χ0) is 28.0. The van der Waals surface area contributed by atoms with Gasteiger partial charge < -0.3 is 14.4 Å². The maximum atomic E-state index is 8.07. The lowest BCUT2D eigenvalue weighted by Gasteiger charge is -2.33. The highest BCUT2D eigenvalue weighted by Crippen LogP contribution is 2.53. The van der Waals surface area contributed by atoms with Gasteiger partial charge in [0.15, 0.2) is 23.0 Å². The number of aromatic nitrogens is 1. The molecule has 42 heavy (non-hydrogen) atoms. The summed E-state index contributed by atoms with van der Waals surface area (Å²) in [6, 6.07) is 41.7. The molecule has 0 saturated heterocycles. The minimum absolute atomic E-state index is 0.541. The fourth-order valence-corrected chi connectivity index (χ4v) is 5.59. The summed E-state index contributed by atoms with van der Waals surface area (Å²) < 4.78 is 12.3. The van der Waals surface area contributed by atoms with Crippen molar-refractivity contribution in [3.8, 4) is 34.1 Å². The highest BCUT2D eigenvalue weighted by molar-refractivity contribution is 5.93. The van der Waals surface area contributed by atoms with Crippen LogP contribution >= 0.6 is 0 Å². The Kier molecular flexibility index (Phi) is 5.41. The Hall–Kier alpha value is -6.06. The SMILES string of the molecule is [C-]#[N+]c1cc(-c2ccc(N3c4ccccc4Oc4ccccc43)nc2)ccc1N1c2ccccc2Oc2ccccc21. The van der Waals surface area contributed by atoms with E-state index >= 15 is 0 Å². The zero-order valence-corrected chi connectivity index (χ0v) is 22.3. The Bertz CT molecular complexity index is 1940. The third-order valence-electron chi connectivity index (χ3n) is 7.51. The van der Waals surface area contributed by atoms with Gasteiger partial charge in [-0.2, -0.15) is 0 Å². The molecule has 2 aliphatic heterocycles. The van der Waals surface area contributed by atoms with E-state index in [9.17, 15) is 0 Å². The number of hydrogen-bond acceptors (Lipinski definition) is 5. The lowest BCUT2D eigenvalue weighted by Crippen LogP contribution is -2.16. The van der Waals surface area contributed by atoms with E-state index in [1.54, 1.807) is 0 Å². The molecule has 3 heterocycles. The van der Waals surface area contributed by atoms with Crippen LogP contribution in [0.1, 0.15) is 0 Å². The summed E-state index contributed by atoms with van der Waals surface area (Å²) in [4.78, 5) is 13.0. The molecule has 6 aromatic rings. The Morgan fingerprint density at radius 2 is 0.976 bits per heavy atom. The second kappa shape index (κ2) is 9.54. The fourth-order valence-electron chi connectivity index (χ4n) is 5.59. The number of pyridine rings is 1. The standard InChI is InChI=1S/C36H22N4O2/c1-37-26-22-24(18-20-27(26)39-28-10-2-6-14-32(28)41-33-15-7-3-11-29(33)39)25-19-21-36(38-23-25)40-30-12-4-8-16-34(30)42-35-17-9-5-13-31(35)40/h2-23H. The lowest BCUT2D eigenvalue weighted by atomic mass is 10.0.